The van der Waals surface area contributed by atoms with E-state index < -0.39 is 43.6 Å². The third-order valence-electron chi connectivity index (χ3n) is 8.18. The number of carbonyl (C=O) groups is 2. The lowest BCUT2D eigenvalue weighted by molar-refractivity contribution is -0.127. The van der Waals surface area contributed by atoms with Gasteiger partial charge in [-0.2, -0.15) is 5.26 Å². The molecule has 214 valence electrons. The van der Waals surface area contributed by atoms with Crippen LogP contribution in [0.3, 0.4) is 0 Å². The summed E-state index contributed by atoms with van der Waals surface area (Å²) in [5.41, 5.74) is 9.24. The average Bonchev–Trinajstić information content (AvgIpc) is 3.61. The van der Waals surface area contributed by atoms with Gasteiger partial charge >= 0.3 is 6.03 Å². The van der Waals surface area contributed by atoms with Crippen LogP contribution in [-0.2, 0) is 25.9 Å². The lowest BCUT2D eigenvalue weighted by Crippen LogP contribution is -2.56. The molecule has 4 rings (SSSR count). The van der Waals surface area contributed by atoms with Crippen molar-refractivity contribution in [1.29, 1.82) is 5.26 Å². The number of nitrogens with zero attached hydrogens (tertiary/aromatic N) is 2. The summed E-state index contributed by atoms with van der Waals surface area (Å²) in [5.74, 6) is -1.28. The first-order chi connectivity index (χ1) is 18.7. The molecule has 5 N–H and O–H groups in total. The molecule has 1 heterocycles. The van der Waals surface area contributed by atoms with Gasteiger partial charge in [0.05, 0.1) is 21.9 Å². The van der Waals surface area contributed by atoms with Gasteiger partial charge in [0, 0.05) is 12.1 Å². The highest BCUT2D eigenvalue weighted by atomic mass is 32.2. The van der Waals surface area contributed by atoms with Gasteiger partial charge in [0.25, 0.3) is 0 Å². The number of hydrogen-bond acceptors (Lipinski definition) is 5. The maximum absolute atomic E-state index is 15.7. The molecular formula is C29H36FN5O4S. The fourth-order valence-corrected chi connectivity index (χ4v) is 6.68. The van der Waals surface area contributed by atoms with Crippen LogP contribution >= 0.6 is 0 Å². The highest BCUT2D eigenvalue weighted by molar-refractivity contribution is 7.90. The second-order valence-electron chi connectivity index (χ2n) is 11.8. The largest absolute Gasteiger partial charge is 0.367 e. The summed E-state index contributed by atoms with van der Waals surface area (Å²) in [6.07, 6.45) is 3.48. The van der Waals surface area contributed by atoms with E-state index in [0.29, 0.717) is 41.9 Å². The van der Waals surface area contributed by atoms with E-state index in [2.05, 4.69) is 10.8 Å². The molecule has 1 saturated carbocycles. The number of rotatable bonds is 9. The van der Waals surface area contributed by atoms with Crippen LogP contribution in [0.1, 0.15) is 81.5 Å². The Morgan fingerprint density at radius 1 is 1.15 bits per heavy atom. The van der Waals surface area contributed by atoms with E-state index in [9.17, 15) is 23.3 Å². The molecule has 9 nitrogen and oxygen atoms in total. The number of hydrogen-bond donors (Lipinski definition) is 3. The number of sulfonamides is 1. The molecule has 40 heavy (non-hydrogen) atoms. The zero-order valence-corrected chi connectivity index (χ0v) is 23.9. The topological polar surface area (TPSA) is 159 Å². The summed E-state index contributed by atoms with van der Waals surface area (Å²) in [7, 11) is -4.00. The van der Waals surface area contributed by atoms with Gasteiger partial charge in [-0.05, 0) is 87.8 Å². The summed E-state index contributed by atoms with van der Waals surface area (Å²) in [5, 5.41) is 9.65. The van der Waals surface area contributed by atoms with Gasteiger partial charge in [-0.1, -0.05) is 31.0 Å². The monoisotopic (exact) mass is 569 g/mol. The van der Waals surface area contributed by atoms with E-state index in [1.165, 1.54) is 12.1 Å². The van der Waals surface area contributed by atoms with Gasteiger partial charge in [0.2, 0.25) is 15.9 Å². The van der Waals surface area contributed by atoms with Crippen molar-refractivity contribution in [3.63, 3.8) is 0 Å². The van der Waals surface area contributed by atoms with Crippen molar-refractivity contribution in [2.24, 2.45) is 17.4 Å². The number of urea groups is 1. The molecule has 0 aromatic heterocycles. The van der Waals surface area contributed by atoms with Crippen molar-refractivity contribution >= 4 is 22.0 Å². The number of nitriles is 1. The molecule has 2 aromatic rings. The van der Waals surface area contributed by atoms with Gasteiger partial charge in [-0.25, -0.2) is 22.3 Å². The van der Waals surface area contributed by atoms with Crippen LogP contribution in [0.4, 0.5) is 9.18 Å². The van der Waals surface area contributed by atoms with Crippen molar-refractivity contribution in [2.45, 2.75) is 75.1 Å². The Kier molecular flexibility index (Phi) is 7.73. The molecule has 1 aliphatic heterocycles. The maximum Gasteiger partial charge on any atom is 0.315 e. The fraction of sp³-hybridized carbons (Fsp3) is 0.483. The van der Waals surface area contributed by atoms with Crippen molar-refractivity contribution in [2.75, 3.05) is 6.54 Å². The average molecular weight is 570 g/mol. The first-order valence-electron chi connectivity index (χ1n) is 13.4. The van der Waals surface area contributed by atoms with Crippen molar-refractivity contribution < 1.29 is 22.4 Å². The van der Waals surface area contributed by atoms with E-state index >= 15 is 4.39 Å². The minimum Gasteiger partial charge on any atom is -0.367 e. The summed E-state index contributed by atoms with van der Waals surface area (Å²) < 4.78 is 44.9. The van der Waals surface area contributed by atoms with E-state index in [4.69, 9.17) is 11.5 Å². The lowest BCUT2D eigenvalue weighted by atomic mass is 9.76. The summed E-state index contributed by atoms with van der Waals surface area (Å²) >= 11 is 0. The molecule has 1 aliphatic carbocycles. The van der Waals surface area contributed by atoms with Gasteiger partial charge in [0.1, 0.15) is 5.82 Å². The SMILES string of the molecule is CC(C)(C)S(=O)(=O)NC(CCC1CC1)(c1cccc(C#N)c1)c1ccc(F)c(C2(C(N)=O)CCCN2C(N)=O)c1. The Hall–Kier alpha value is -3.49. The van der Waals surface area contributed by atoms with Crippen LogP contribution in [0.2, 0.25) is 0 Å². The fourth-order valence-electron chi connectivity index (χ4n) is 5.58. The molecule has 2 atom stereocenters. The number of nitrogens with two attached hydrogens (primary N) is 2. The summed E-state index contributed by atoms with van der Waals surface area (Å²) in [4.78, 5) is 26.4. The smallest absolute Gasteiger partial charge is 0.315 e. The minimum atomic E-state index is -4.00. The van der Waals surface area contributed by atoms with E-state index in [-0.39, 0.29) is 18.5 Å². The molecular weight excluding hydrogens is 533 g/mol. The Morgan fingerprint density at radius 3 is 2.40 bits per heavy atom. The van der Waals surface area contributed by atoms with Crippen LogP contribution in [-0.4, -0.2) is 36.5 Å². The number of amides is 3. The molecule has 11 heteroatoms. The predicted molar refractivity (Wildman–Crippen MR) is 148 cm³/mol. The molecule has 2 unspecified atom stereocenters. The first kappa shape index (κ1) is 29.5. The highest BCUT2D eigenvalue weighted by Gasteiger charge is 2.52. The second kappa shape index (κ2) is 10.5. The number of carbonyl (C=O) groups excluding carboxylic acids is 2. The highest BCUT2D eigenvalue weighted by Crippen LogP contribution is 2.45. The van der Waals surface area contributed by atoms with Crippen molar-refractivity contribution in [3.05, 3.63) is 70.5 Å². The third-order valence-corrected chi connectivity index (χ3v) is 10.4. The normalized spacial score (nSPS) is 21.0. The Morgan fingerprint density at radius 2 is 1.82 bits per heavy atom. The molecule has 0 spiro atoms. The lowest BCUT2D eigenvalue weighted by Gasteiger charge is -2.40. The van der Waals surface area contributed by atoms with Crippen molar-refractivity contribution in [1.82, 2.24) is 9.62 Å². The minimum absolute atomic E-state index is 0.0678. The van der Waals surface area contributed by atoms with Crippen LogP contribution in [0.15, 0.2) is 42.5 Å². The summed E-state index contributed by atoms with van der Waals surface area (Å²) in [6, 6.07) is 11.9. The van der Waals surface area contributed by atoms with Gasteiger partial charge in [0.15, 0.2) is 5.54 Å². The number of halogens is 1. The van der Waals surface area contributed by atoms with Crippen molar-refractivity contribution in [3.8, 4) is 6.07 Å². The predicted octanol–water partition coefficient (Wildman–Crippen LogP) is 3.70. The van der Waals surface area contributed by atoms with E-state index in [0.717, 1.165) is 23.8 Å². The molecule has 2 fully saturated rings. The molecule has 0 radical (unpaired) electrons. The molecule has 1 saturated heterocycles. The molecule has 0 bridgehead atoms. The zero-order chi connectivity index (χ0) is 29.5. The summed E-state index contributed by atoms with van der Waals surface area (Å²) in [6.45, 7) is 4.85. The standard InChI is InChI=1S/C29H36FN5O4S/c1-27(2,3)40(38,39)34-28(14-12-19-8-9-19,21-7-4-6-20(16-21)18-31)22-10-11-24(30)23(17-22)29(25(32)36)13-5-15-35(29)26(33)37/h4,6-7,10-11,16-17,19,34H,5,8-9,12-15H2,1-3H3,(H2,32,36)(H2,33,37). The van der Waals surface area contributed by atoms with Gasteiger partial charge < -0.3 is 16.4 Å². The van der Waals surface area contributed by atoms with Gasteiger partial charge in [-0.15, -0.1) is 0 Å². The number of nitrogens with one attached hydrogen (secondary N) is 1. The molecule has 2 aliphatic rings. The number of likely N-dealkylation sites (tertiary alicyclic amines) is 1. The molecule has 3 amide bonds. The maximum atomic E-state index is 15.7. The number of benzene rings is 2. The first-order valence-corrected chi connectivity index (χ1v) is 14.9. The Balaban J connectivity index is 2.03. The van der Waals surface area contributed by atoms with E-state index in [1.807, 2.05) is 0 Å². The van der Waals surface area contributed by atoms with E-state index in [1.54, 1.807) is 45.0 Å². The Labute approximate surface area is 234 Å². The Bertz CT molecular complexity index is 1480. The van der Waals surface area contributed by atoms with Gasteiger partial charge in [-0.3, -0.25) is 4.79 Å². The van der Waals surface area contributed by atoms with Crippen LogP contribution in [0.5, 0.6) is 0 Å². The second-order valence-corrected chi connectivity index (χ2v) is 14.2. The zero-order valence-electron chi connectivity index (χ0n) is 23.0. The number of primary amides is 2. The molecule has 2 aromatic carbocycles. The van der Waals surface area contributed by atoms with Crippen LogP contribution in [0.25, 0.3) is 0 Å². The third kappa shape index (κ3) is 5.18. The quantitative estimate of drug-likeness (QED) is 0.419. The van der Waals surface area contributed by atoms with Crippen LogP contribution < -0.4 is 16.2 Å². The van der Waals surface area contributed by atoms with Crippen LogP contribution in [0, 0.1) is 23.1 Å².